The molecule has 1 aromatic carbocycles. The molecule has 23 heavy (non-hydrogen) atoms. The third-order valence-electron chi connectivity index (χ3n) is 4.44. The van der Waals surface area contributed by atoms with E-state index in [9.17, 15) is 9.59 Å². The summed E-state index contributed by atoms with van der Waals surface area (Å²) in [6.07, 6.45) is 4.19. The Morgan fingerprint density at radius 1 is 1.26 bits per heavy atom. The highest BCUT2D eigenvalue weighted by molar-refractivity contribution is 6.05. The third-order valence-corrected chi connectivity index (χ3v) is 4.44. The maximum Gasteiger partial charge on any atom is 0.253 e. The molecule has 5 nitrogen and oxygen atoms in total. The molecule has 6 heteroatoms. The van der Waals surface area contributed by atoms with Crippen molar-refractivity contribution in [2.24, 2.45) is 5.92 Å². The minimum Gasteiger partial charge on any atom is -0.350 e. The molecular weight excluding hydrogens is 314 g/mol. The van der Waals surface area contributed by atoms with Crippen LogP contribution in [0.3, 0.4) is 0 Å². The molecule has 0 bridgehead atoms. The number of nitrogens with zero attached hydrogens (tertiary/aromatic N) is 1. The van der Waals surface area contributed by atoms with Gasteiger partial charge in [0, 0.05) is 25.6 Å². The molecule has 2 amide bonds. The van der Waals surface area contributed by atoms with Gasteiger partial charge in [-0.15, -0.1) is 12.4 Å². The number of rotatable bonds is 5. The summed E-state index contributed by atoms with van der Waals surface area (Å²) in [4.78, 5) is 26.3. The van der Waals surface area contributed by atoms with Gasteiger partial charge in [0.05, 0.1) is 11.3 Å². The lowest BCUT2D eigenvalue weighted by Crippen LogP contribution is -2.38. The Balaban J connectivity index is 0.00000192. The molecule has 2 N–H and O–H groups in total. The maximum absolute atomic E-state index is 12.5. The van der Waals surface area contributed by atoms with E-state index in [1.165, 1.54) is 0 Å². The molecule has 2 fully saturated rings. The summed E-state index contributed by atoms with van der Waals surface area (Å²) in [6, 6.07) is 7.68. The zero-order chi connectivity index (χ0) is 15.5. The van der Waals surface area contributed by atoms with Crippen LogP contribution >= 0.6 is 12.4 Å². The van der Waals surface area contributed by atoms with Gasteiger partial charge in [0.2, 0.25) is 5.91 Å². The second-order valence-corrected chi connectivity index (χ2v) is 6.19. The van der Waals surface area contributed by atoms with Gasteiger partial charge < -0.3 is 15.5 Å². The predicted octanol–water partition coefficient (Wildman–Crippen LogP) is 1.96. The number of amides is 2. The number of carbonyl (C=O) groups excluding carboxylic acids is 2. The fourth-order valence-corrected chi connectivity index (χ4v) is 2.92. The number of hydrogen-bond donors (Lipinski definition) is 2. The fraction of sp³-hybridized carbons (Fsp3) is 0.529. The zero-order valence-corrected chi connectivity index (χ0v) is 14.2. The molecule has 1 saturated heterocycles. The summed E-state index contributed by atoms with van der Waals surface area (Å²) in [5, 5.41) is 6.34. The molecule has 1 heterocycles. The summed E-state index contributed by atoms with van der Waals surface area (Å²) in [5.74, 6) is 0.140. The zero-order valence-electron chi connectivity index (χ0n) is 13.4. The largest absolute Gasteiger partial charge is 0.350 e. The minimum atomic E-state index is -0.111. The lowest BCUT2D eigenvalue weighted by atomic mass is 10.1. The van der Waals surface area contributed by atoms with Crippen LogP contribution in [0.4, 0.5) is 5.69 Å². The fourth-order valence-electron chi connectivity index (χ4n) is 2.92. The van der Waals surface area contributed by atoms with Gasteiger partial charge >= 0.3 is 0 Å². The molecule has 0 aromatic heterocycles. The van der Waals surface area contributed by atoms with Crippen molar-refractivity contribution >= 4 is 29.9 Å². The molecule has 0 spiro atoms. The van der Waals surface area contributed by atoms with Crippen LogP contribution in [0.5, 0.6) is 0 Å². The van der Waals surface area contributed by atoms with Gasteiger partial charge in [-0.3, -0.25) is 9.59 Å². The van der Waals surface area contributed by atoms with Crippen molar-refractivity contribution in [3.05, 3.63) is 29.8 Å². The Morgan fingerprint density at radius 2 is 2.00 bits per heavy atom. The normalized spacial score (nSPS) is 19.8. The first-order valence-electron chi connectivity index (χ1n) is 8.05. The van der Waals surface area contributed by atoms with Crippen molar-refractivity contribution in [1.29, 1.82) is 0 Å². The van der Waals surface area contributed by atoms with E-state index >= 15 is 0 Å². The van der Waals surface area contributed by atoms with Crippen LogP contribution < -0.4 is 15.5 Å². The number of halogens is 1. The van der Waals surface area contributed by atoms with Crippen molar-refractivity contribution in [2.45, 2.75) is 31.7 Å². The lowest BCUT2D eigenvalue weighted by molar-refractivity contribution is -0.119. The second kappa shape index (κ2) is 7.79. The van der Waals surface area contributed by atoms with Crippen molar-refractivity contribution in [2.75, 3.05) is 25.0 Å². The Morgan fingerprint density at radius 3 is 2.65 bits per heavy atom. The molecule has 1 aliphatic carbocycles. The van der Waals surface area contributed by atoms with Crippen LogP contribution in [-0.2, 0) is 4.79 Å². The van der Waals surface area contributed by atoms with Crippen LogP contribution in [0, 0.1) is 5.92 Å². The minimum absolute atomic E-state index is 0. The van der Waals surface area contributed by atoms with Gasteiger partial charge in [-0.25, -0.2) is 0 Å². The predicted molar refractivity (Wildman–Crippen MR) is 93.2 cm³/mol. The van der Waals surface area contributed by atoms with E-state index in [0.29, 0.717) is 23.8 Å². The van der Waals surface area contributed by atoms with Crippen LogP contribution in [-0.4, -0.2) is 38.0 Å². The Bertz CT molecular complexity index is 569. The van der Waals surface area contributed by atoms with Crippen molar-refractivity contribution < 1.29 is 9.59 Å². The Labute approximate surface area is 143 Å². The molecule has 1 aromatic rings. The molecule has 1 atom stereocenters. The highest BCUT2D eigenvalue weighted by Gasteiger charge is 2.33. The van der Waals surface area contributed by atoms with Crippen LogP contribution in [0.1, 0.15) is 36.0 Å². The van der Waals surface area contributed by atoms with Crippen LogP contribution in [0.2, 0.25) is 0 Å². The van der Waals surface area contributed by atoms with Gasteiger partial charge in [-0.1, -0.05) is 12.1 Å². The number of para-hydroxylation sites is 1. The SMILES string of the molecule is CN(C(=O)C1CC1)c1ccccc1C(=O)NCC1CCCN1.Cl. The Kier molecular flexibility index (Phi) is 6.02. The van der Waals surface area contributed by atoms with E-state index in [1.807, 2.05) is 18.2 Å². The highest BCUT2D eigenvalue weighted by Crippen LogP contribution is 2.33. The first-order valence-corrected chi connectivity index (χ1v) is 8.05. The molecule has 1 aliphatic heterocycles. The van der Waals surface area contributed by atoms with Gasteiger partial charge in [-0.2, -0.15) is 0 Å². The van der Waals surface area contributed by atoms with Gasteiger partial charge in [0.1, 0.15) is 0 Å². The van der Waals surface area contributed by atoms with Crippen molar-refractivity contribution in [3.8, 4) is 0 Å². The van der Waals surface area contributed by atoms with E-state index in [-0.39, 0.29) is 30.1 Å². The topological polar surface area (TPSA) is 61.4 Å². The molecular formula is C17H24ClN3O2. The van der Waals surface area contributed by atoms with E-state index in [4.69, 9.17) is 0 Å². The van der Waals surface area contributed by atoms with Gasteiger partial charge in [-0.05, 0) is 44.4 Å². The van der Waals surface area contributed by atoms with Crippen molar-refractivity contribution in [3.63, 3.8) is 0 Å². The number of carbonyl (C=O) groups is 2. The summed E-state index contributed by atoms with van der Waals surface area (Å²) in [5.41, 5.74) is 1.26. The molecule has 3 rings (SSSR count). The summed E-state index contributed by atoms with van der Waals surface area (Å²) < 4.78 is 0. The quantitative estimate of drug-likeness (QED) is 0.863. The van der Waals surface area contributed by atoms with E-state index in [0.717, 1.165) is 32.2 Å². The molecule has 0 radical (unpaired) electrons. The number of anilines is 1. The monoisotopic (exact) mass is 337 g/mol. The first-order chi connectivity index (χ1) is 10.7. The summed E-state index contributed by atoms with van der Waals surface area (Å²) in [6.45, 7) is 1.66. The maximum atomic E-state index is 12.5. The second-order valence-electron chi connectivity index (χ2n) is 6.19. The summed E-state index contributed by atoms with van der Waals surface area (Å²) >= 11 is 0. The van der Waals surface area contributed by atoms with Gasteiger partial charge in [0.25, 0.3) is 5.91 Å². The highest BCUT2D eigenvalue weighted by atomic mass is 35.5. The Hall–Kier alpha value is -1.59. The third kappa shape index (κ3) is 4.24. The first kappa shape index (κ1) is 17.8. The van der Waals surface area contributed by atoms with E-state index in [2.05, 4.69) is 10.6 Å². The number of nitrogens with one attached hydrogen (secondary N) is 2. The standard InChI is InChI=1S/C17H23N3O2.ClH/c1-20(17(22)12-8-9-12)15-7-3-2-6-14(15)16(21)19-11-13-5-4-10-18-13;/h2-3,6-7,12-13,18H,4-5,8-11H2,1H3,(H,19,21);1H. The average molecular weight is 338 g/mol. The van der Waals surface area contributed by atoms with Crippen molar-refractivity contribution in [1.82, 2.24) is 10.6 Å². The molecule has 1 saturated carbocycles. The number of hydrogen-bond acceptors (Lipinski definition) is 3. The van der Waals surface area contributed by atoms with E-state index in [1.54, 1.807) is 18.0 Å². The van der Waals surface area contributed by atoms with Crippen LogP contribution in [0.15, 0.2) is 24.3 Å². The molecule has 126 valence electrons. The van der Waals surface area contributed by atoms with E-state index < -0.39 is 0 Å². The number of benzene rings is 1. The van der Waals surface area contributed by atoms with Gasteiger partial charge in [0.15, 0.2) is 0 Å². The molecule has 2 aliphatic rings. The molecule has 1 unspecified atom stereocenters. The lowest BCUT2D eigenvalue weighted by Gasteiger charge is -2.21. The van der Waals surface area contributed by atoms with Crippen LogP contribution in [0.25, 0.3) is 0 Å². The average Bonchev–Trinajstić information content (AvgIpc) is 3.27. The smallest absolute Gasteiger partial charge is 0.253 e. The summed E-state index contributed by atoms with van der Waals surface area (Å²) in [7, 11) is 1.76.